The smallest absolute Gasteiger partial charge is 0.321 e. The van der Waals surface area contributed by atoms with Crippen molar-refractivity contribution in [1.29, 1.82) is 0 Å². The van der Waals surface area contributed by atoms with E-state index in [9.17, 15) is 18.7 Å². The number of anilines is 1. The maximum atomic E-state index is 14.1. The lowest BCUT2D eigenvalue weighted by Gasteiger charge is -2.57. The summed E-state index contributed by atoms with van der Waals surface area (Å²) in [4.78, 5) is 16.9. The Hall–Kier alpha value is -2.99. The summed E-state index contributed by atoms with van der Waals surface area (Å²) in [7, 11) is 1.60. The highest BCUT2D eigenvalue weighted by Crippen LogP contribution is 2.42. The Balaban J connectivity index is 1.51. The number of urea groups is 1. The summed E-state index contributed by atoms with van der Waals surface area (Å²) in [5, 5.41) is 12.6. The van der Waals surface area contributed by atoms with E-state index in [1.165, 1.54) is 0 Å². The van der Waals surface area contributed by atoms with Crippen LogP contribution in [0.25, 0.3) is 0 Å². The molecule has 0 saturated carbocycles. The second-order valence-corrected chi connectivity index (χ2v) is 8.65. The van der Waals surface area contributed by atoms with Crippen LogP contribution in [0.2, 0.25) is 0 Å². The average Bonchev–Trinajstić information content (AvgIpc) is 2.81. The summed E-state index contributed by atoms with van der Waals surface area (Å²) in [6.45, 7) is 2.20. The van der Waals surface area contributed by atoms with Crippen molar-refractivity contribution >= 4 is 11.7 Å². The zero-order valence-corrected chi connectivity index (χ0v) is 19.1. The fourth-order valence-electron chi connectivity index (χ4n) is 4.91. The summed E-state index contributed by atoms with van der Waals surface area (Å²) in [5.41, 5.74) is 1.79. The lowest BCUT2D eigenvalue weighted by Crippen LogP contribution is -2.68. The summed E-state index contributed by atoms with van der Waals surface area (Å²) >= 11 is 0. The van der Waals surface area contributed by atoms with Crippen molar-refractivity contribution in [3.8, 4) is 11.8 Å². The molecule has 0 aromatic heterocycles. The topological polar surface area (TPSA) is 65.0 Å². The molecule has 6 nitrogen and oxygen atoms in total. The molecule has 2 aliphatic heterocycles. The van der Waals surface area contributed by atoms with Crippen LogP contribution in [-0.4, -0.2) is 73.0 Å². The summed E-state index contributed by atoms with van der Waals surface area (Å²) in [6, 6.07) is 10.5. The predicted molar refractivity (Wildman–Crippen MR) is 125 cm³/mol. The van der Waals surface area contributed by atoms with Crippen molar-refractivity contribution in [2.24, 2.45) is 0 Å². The molecular formula is C26H29F2N3O3. The number of aliphatic hydroxyl groups excluding tert-OH is 1. The first-order chi connectivity index (χ1) is 16.5. The van der Waals surface area contributed by atoms with Crippen molar-refractivity contribution in [3.05, 3.63) is 65.2 Å². The normalized spacial score (nSPS) is 22.5. The molecular weight excluding hydrogens is 440 g/mol. The van der Waals surface area contributed by atoms with Gasteiger partial charge in [0.25, 0.3) is 0 Å². The molecule has 2 amide bonds. The molecule has 34 heavy (non-hydrogen) atoms. The van der Waals surface area contributed by atoms with Crippen molar-refractivity contribution in [2.45, 2.75) is 30.8 Å². The number of methoxy groups -OCH3 is 1. The number of amides is 2. The van der Waals surface area contributed by atoms with E-state index in [1.807, 2.05) is 24.3 Å². The molecule has 3 atom stereocenters. The van der Waals surface area contributed by atoms with Gasteiger partial charge in [0.1, 0.15) is 18.2 Å². The van der Waals surface area contributed by atoms with Gasteiger partial charge in [0.05, 0.1) is 12.3 Å². The van der Waals surface area contributed by atoms with Gasteiger partial charge >= 0.3 is 6.03 Å². The number of fused-ring (bicyclic) bond motifs is 1. The number of hydrogen-bond acceptors (Lipinski definition) is 4. The number of aliphatic hydroxyl groups is 1. The number of hydrogen-bond donors (Lipinski definition) is 2. The van der Waals surface area contributed by atoms with Gasteiger partial charge in [-0.15, -0.1) is 0 Å². The van der Waals surface area contributed by atoms with Gasteiger partial charge in [-0.1, -0.05) is 24.0 Å². The van der Waals surface area contributed by atoms with E-state index in [2.05, 4.69) is 22.1 Å². The average molecular weight is 470 g/mol. The summed E-state index contributed by atoms with van der Waals surface area (Å²) in [5.74, 6) is 4.73. The minimum absolute atomic E-state index is 0.0194. The SMILES string of the molecule is COCC#Cc1ccc([C@@H]2[C@H](CO)N3CCCCN(C(=O)Nc4cc(F)ccc4F)C[C@@H]23)cc1. The van der Waals surface area contributed by atoms with Gasteiger partial charge < -0.3 is 20.1 Å². The molecule has 0 unspecified atom stereocenters. The minimum Gasteiger partial charge on any atom is -0.395 e. The number of carbonyl (C=O) groups is 1. The summed E-state index contributed by atoms with van der Waals surface area (Å²) < 4.78 is 32.5. The molecule has 2 heterocycles. The molecule has 2 aromatic carbocycles. The van der Waals surface area contributed by atoms with Crippen LogP contribution in [0.4, 0.5) is 19.3 Å². The Bertz CT molecular complexity index is 1070. The first kappa shape index (κ1) is 24.1. The van der Waals surface area contributed by atoms with Crippen LogP contribution in [0.15, 0.2) is 42.5 Å². The fourth-order valence-corrected chi connectivity index (χ4v) is 4.91. The van der Waals surface area contributed by atoms with Crippen LogP contribution >= 0.6 is 0 Å². The largest absolute Gasteiger partial charge is 0.395 e. The zero-order chi connectivity index (χ0) is 24.1. The highest BCUT2D eigenvalue weighted by Gasteiger charge is 2.49. The van der Waals surface area contributed by atoms with Gasteiger partial charge in [-0.25, -0.2) is 13.6 Å². The van der Waals surface area contributed by atoms with Crippen LogP contribution in [-0.2, 0) is 4.74 Å². The Labute approximate surface area is 198 Å². The second-order valence-electron chi connectivity index (χ2n) is 8.65. The van der Waals surface area contributed by atoms with Gasteiger partial charge in [-0.3, -0.25) is 4.90 Å². The number of benzene rings is 2. The molecule has 2 fully saturated rings. The number of nitrogens with zero attached hydrogens (tertiary/aromatic N) is 2. The third-order valence-electron chi connectivity index (χ3n) is 6.57. The van der Waals surface area contributed by atoms with E-state index < -0.39 is 17.7 Å². The van der Waals surface area contributed by atoms with Gasteiger partial charge in [-0.2, -0.15) is 0 Å². The first-order valence-electron chi connectivity index (χ1n) is 11.5. The van der Waals surface area contributed by atoms with E-state index >= 15 is 0 Å². The molecule has 2 aliphatic rings. The first-order valence-corrected chi connectivity index (χ1v) is 11.5. The van der Waals surface area contributed by atoms with Crippen molar-refractivity contribution in [2.75, 3.05) is 45.3 Å². The Morgan fingerprint density at radius 3 is 2.68 bits per heavy atom. The van der Waals surface area contributed by atoms with Crippen LogP contribution in [0, 0.1) is 23.5 Å². The quantitative estimate of drug-likeness (QED) is 0.674. The van der Waals surface area contributed by atoms with Gasteiger partial charge in [0.2, 0.25) is 0 Å². The highest BCUT2D eigenvalue weighted by molar-refractivity contribution is 5.89. The van der Waals surface area contributed by atoms with E-state index in [4.69, 9.17) is 4.74 Å². The third kappa shape index (κ3) is 5.22. The standard InChI is InChI=1S/C26H29F2N3O3/c1-34-14-4-5-18-6-8-19(9-7-18)25-23-16-30(12-2-3-13-31(23)24(25)17-32)26(33)29-22-15-20(27)10-11-21(22)28/h6-11,15,23-25,32H,2-3,12-14,16-17H2,1H3,(H,29,33)/t23-,24-,25-/m0/s1. The lowest BCUT2D eigenvalue weighted by atomic mass is 9.74. The van der Waals surface area contributed by atoms with E-state index in [0.717, 1.165) is 48.7 Å². The van der Waals surface area contributed by atoms with Crippen molar-refractivity contribution < 1.29 is 23.4 Å². The van der Waals surface area contributed by atoms with Crippen LogP contribution < -0.4 is 5.32 Å². The predicted octanol–water partition coefficient (Wildman–Crippen LogP) is 3.42. The molecule has 2 saturated heterocycles. The summed E-state index contributed by atoms with van der Waals surface area (Å²) in [6.07, 6.45) is 1.67. The van der Waals surface area contributed by atoms with Crippen LogP contribution in [0.1, 0.15) is 29.9 Å². The molecule has 2 aromatic rings. The molecule has 180 valence electrons. The van der Waals surface area contributed by atoms with Crippen molar-refractivity contribution in [3.63, 3.8) is 0 Å². The zero-order valence-electron chi connectivity index (χ0n) is 19.1. The Morgan fingerprint density at radius 1 is 1.18 bits per heavy atom. The molecule has 2 N–H and O–H groups in total. The number of nitrogens with one attached hydrogen (secondary N) is 1. The molecule has 0 bridgehead atoms. The highest BCUT2D eigenvalue weighted by atomic mass is 19.1. The molecule has 0 spiro atoms. The van der Waals surface area contributed by atoms with E-state index in [-0.39, 0.29) is 30.3 Å². The number of halogens is 2. The number of carbonyl (C=O) groups excluding carboxylic acids is 1. The molecule has 0 aliphatic carbocycles. The van der Waals surface area contributed by atoms with Gasteiger partial charge in [-0.05, 0) is 49.2 Å². The maximum Gasteiger partial charge on any atom is 0.321 e. The molecule has 4 rings (SSSR count). The molecule has 8 heteroatoms. The monoisotopic (exact) mass is 469 g/mol. The fraction of sp³-hybridized carbons (Fsp3) is 0.423. The van der Waals surface area contributed by atoms with Crippen LogP contribution in [0.3, 0.4) is 0 Å². The third-order valence-corrected chi connectivity index (χ3v) is 6.57. The van der Waals surface area contributed by atoms with E-state index in [0.29, 0.717) is 19.7 Å². The second kappa shape index (κ2) is 11.0. The van der Waals surface area contributed by atoms with Crippen molar-refractivity contribution in [1.82, 2.24) is 9.80 Å². The minimum atomic E-state index is -0.682. The maximum absolute atomic E-state index is 14.1. The van der Waals surface area contributed by atoms with Gasteiger partial charge in [0.15, 0.2) is 0 Å². The molecule has 0 radical (unpaired) electrons. The van der Waals surface area contributed by atoms with E-state index in [1.54, 1.807) is 12.0 Å². The van der Waals surface area contributed by atoms with Crippen LogP contribution in [0.5, 0.6) is 0 Å². The number of ether oxygens (including phenoxy) is 1. The lowest BCUT2D eigenvalue weighted by molar-refractivity contribution is -0.0585. The van der Waals surface area contributed by atoms with Gasteiger partial charge in [0, 0.05) is 49.8 Å². The Morgan fingerprint density at radius 2 is 1.94 bits per heavy atom. The number of rotatable bonds is 4. The Kier molecular flexibility index (Phi) is 7.78.